The maximum absolute atomic E-state index is 9.91. The topological polar surface area (TPSA) is 27.0 Å². The minimum atomic E-state index is 0.641. The van der Waals surface area contributed by atoms with Gasteiger partial charge in [-0.25, -0.2) is 0 Å². The fourth-order valence-electron chi connectivity index (χ4n) is 4.65. The summed E-state index contributed by atoms with van der Waals surface area (Å²) in [6.45, 7) is 4.23. The predicted octanol–water partition coefficient (Wildman–Crippen LogP) is 9.50. The molecule has 0 radical (unpaired) electrons. The van der Waals surface area contributed by atoms with E-state index >= 15 is 0 Å². The van der Waals surface area contributed by atoms with Gasteiger partial charge in [0.05, 0.1) is 11.6 Å². The van der Waals surface area contributed by atoms with Crippen LogP contribution in [0.4, 0.5) is 17.1 Å². The van der Waals surface area contributed by atoms with Gasteiger partial charge in [0.1, 0.15) is 0 Å². The lowest BCUT2D eigenvalue weighted by Crippen LogP contribution is -2.09. The second-order valence-electron chi connectivity index (χ2n) is 9.22. The summed E-state index contributed by atoms with van der Waals surface area (Å²) in [4.78, 5) is 2.23. The molecule has 0 heterocycles. The summed E-state index contributed by atoms with van der Waals surface area (Å²) < 4.78 is 0. The Morgan fingerprint density at radius 2 is 1.11 bits per heavy atom. The number of nitrogens with zero attached hydrogens (tertiary/aromatic N) is 2. The summed E-state index contributed by atoms with van der Waals surface area (Å²) in [5.41, 5.74) is 10.6. The Morgan fingerprint density at radius 1 is 0.595 bits per heavy atom. The van der Waals surface area contributed by atoms with Crippen LogP contribution in [0.5, 0.6) is 0 Å². The second-order valence-corrected chi connectivity index (χ2v) is 9.22. The monoisotopic (exact) mass is 476 g/mol. The van der Waals surface area contributed by atoms with E-state index in [-0.39, 0.29) is 0 Å². The molecule has 5 aromatic rings. The molecule has 5 aromatic carbocycles. The molecular weight excluding hydrogens is 448 g/mol. The van der Waals surface area contributed by atoms with Crippen molar-refractivity contribution in [1.29, 1.82) is 5.26 Å². The number of aryl methyl sites for hydroxylation is 2. The molecule has 0 saturated carbocycles. The number of anilines is 3. The minimum absolute atomic E-state index is 0.641. The number of para-hydroxylation sites is 2. The number of rotatable bonds is 6. The van der Waals surface area contributed by atoms with Crippen molar-refractivity contribution >= 4 is 28.7 Å². The van der Waals surface area contributed by atoms with Crippen molar-refractivity contribution in [3.05, 3.63) is 150 Å². The van der Waals surface area contributed by atoms with E-state index in [2.05, 4.69) is 104 Å². The summed E-state index contributed by atoms with van der Waals surface area (Å²) in [6.07, 6.45) is 1.95. The molecule has 0 fully saturated rings. The Morgan fingerprint density at radius 3 is 1.62 bits per heavy atom. The van der Waals surface area contributed by atoms with Gasteiger partial charge in [0, 0.05) is 17.1 Å². The van der Waals surface area contributed by atoms with Crippen LogP contribution in [0.25, 0.3) is 22.8 Å². The zero-order valence-corrected chi connectivity index (χ0v) is 21.1. The summed E-state index contributed by atoms with van der Waals surface area (Å²) in [5.74, 6) is 0. The van der Waals surface area contributed by atoms with Crippen molar-refractivity contribution in [2.45, 2.75) is 13.8 Å². The van der Waals surface area contributed by atoms with Crippen molar-refractivity contribution in [3.8, 4) is 17.2 Å². The highest BCUT2D eigenvalue weighted by atomic mass is 15.1. The van der Waals surface area contributed by atoms with Crippen LogP contribution < -0.4 is 4.90 Å². The van der Waals surface area contributed by atoms with Crippen molar-refractivity contribution in [2.75, 3.05) is 4.90 Å². The fourth-order valence-corrected chi connectivity index (χ4v) is 4.65. The maximum atomic E-state index is 9.91. The molecular formula is C35H28N2. The van der Waals surface area contributed by atoms with Crippen LogP contribution in [-0.2, 0) is 0 Å². The van der Waals surface area contributed by atoms with E-state index in [0.29, 0.717) is 5.57 Å². The first-order valence-electron chi connectivity index (χ1n) is 12.4. The molecule has 0 aliphatic carbocycles. The maximum Gasteiger partial charge on any atom is 0.0998 e. The molecule has 0 aliphatic heterocycles. The Bertz CT molecular complexity index is 1500. The molecule has 0 bridgehead atoms. The Hall–Kier alpha value is -4.87. The third kappa shape index (κ3) is 5.53. The minimum Gasteiger partial charge on any atom is -0.311 e. The lowest BCUT2D eigenvalue weighted by atomic mass is 9.97. The van der Waals surface area contributed by atoms with Gasteiger partial charge in [0.2, 0.25) is 0 Å². The molecule has 178 valence electrons. The zero-order valence-electron chi connectivity index (χ0n) is 21.1. The summed E-state index contributed by atoms with van der Waals surface area (Å²) in [6, 6.07) is 46.2. The lowest BCUT2D eigenvalue weighted by molar-refractivity contribution is 1.28. The summed E-state index contributed by atoms with van der Waals surface area (Å²) >= 11 is 0. The van der Waals surface area contributed by atoms with E-state index in [1.165, 1.54) is 16.7 Å². The first kappa shape index (κ1) is 23.9. The lowest BCUT2D eigenvalue weighted by Gasteiger charge is -2.25. The highest BCUT2D eigenvalue weighted by Gasteiger charge is 2.11. The fraction of sp³-hybridized carbons (Fsp3) is 0.0571. The highest BCUT2D eigenvalue weighted by Crippen LogP contribution is 2.34. The van der Waals surface area contributed by atoms with Gasteiger partial charge in [0.15, 0.2) is 0 Å². The highest BCUT2D eigenvalue weighted by molar-refractivity contribution is 5.90. The predicted molar refractivity (Wildman–Crippen MR) is 156 cm³/mol. The van der Waals surface area contributed by atoms with Gasteiger partial charge in [-0.15, -0.1) is 0 Å². The molecule has 0 unspecified atom stereocenters. The van der Waals surface area contributed by atoms with Crippen LogP contribution >= 0.6 is 0 Å². The molecule has 0 aliphatic rings. The SMILES string of the molecule is Cc1cc(C)cc(-c2ccc(/C(C#N)=C/c3ccc(N(c4ccccc4)c4ccccc4)cc3)cc2)c1. The third-order valence-corrected chi connectivity index (χ3v) is 6.36. The number of benzene rings is 5. The van der Waals surface area contributed by atoms with E-state index in [1.54, 1.807) is 0 Å². The largest absolute Gasteiger partial charge is 0.311 e. The van der Waals surface area contributed by atoms with Crippen molar-refractivity contribution in [3.63, 3.8) is 0 Å². The number of hydrogen-bond acceptors (Lipinski definition) is 2. The molecule has 0 N–H and O–H groups in total. The smallest absolute Gasteiger partial charge is 0.0998 e. The van der Waals surface area contributed by atoms with Crippen molar-refractivity contribution in [2.24, 2.45) is 0 Å². The van der Waals surface area contributed by atoms with Gasteiger partial charge in [-0.05, 0) is 78.6 Å². The Balaban J connectivity index is 1.42. The van der Waals surface area contributed by atoms with E-state index in [4.69, 9.17) is 0 Å². The molecule has 0 spiro atoms. The zero-order chi connectivity index (χ0) is 25.6. The number of allylic oxidation sites excluding steroid dienone is 1. The first-order chi connectivity index (χ1) is 18.1. The van der Waals surface area contributed by atoms with Crippen molar-refractivity contribution in [1.82, 2.24) is 0 Å². The molecule has 37 heavy (non-hydrogen) atoms. The second kappa shape index (κ2) is 10.8. The third-order valence-electron chi connectivity index (χ3n) is 6.36. The van der Waals surface area contributed by atoms with E-state index < -0.39 is 0 Å². The molecule has 0 amide bonds. The molecule has 0 saturated heterocycles. The average molecular weight is 477 g/mol. The number of hydrogen-bond donors (Lipinski definition) is 0. The van der Waals surface area contributed by atoms with Gasteiger partial charge in [0.25, 0.3) is 0 Å². The van der Waals surface area contributed by atoms with Gasteiger partial charge in [-0.2, -0.15) is 5.26 Å². The van der Waals surface area contributed by atoms with Crippen molar-refractivity contribution < 1.29 is 0 Å². The van der Waals surface area contributed by atoms with E-state index in [0.717, 1.165) is 33.8 Å². The Labute approximate surface area is 219 Å². The molecule has 2 heteroatoms. The van der Waals surface area contributed by atoms with Gasteiger partial charge in [-0.3, -0.25) is 0 Å². The summed E-state index contributed by atoms with van der Waals surface area (Å²) in [5, 5.41) is 9.91. The Kier molecular flexibility index (Phi) is 6.97. The van der Waals surface area contributed by atoms with Crippen LogP contribution in [-0.4, -0.2) is 0 Å². The molecule has 2 nitrogen and oxygen atoms in total. The van der Waals surface area contributed by atoms with Gasteiger partial charge >= 0.3 is 0 Å². The standard InChI is InChI=1S/C35H28N2/c1-26-21-27(2)23-31(22-26)29-15-17-30(18-16-29)32(25-36)24-28-13-19-35(20-14-28)37(33-9-5-3-6-10-33)34-11-7-4-8-12-34/h3-24H,1-2H3/b32-24+. The van der Waals surface area contributed by atoms with Gasteiger partial charge in [-0.1, -0.05) is 102 Å². The van der Waals surface area contributed by atoms with Crippen LogP contribution in [0.15, 0.2) is 127 Å². The average Bonchev–Trinajstić information content (AvgIpc) is 2.93. The van der Waals surface area contributed by atoms with Crippen LogP contribution in [0, 0.1) is 25.2 Å². The van der Waals surface area contributed by atoms with Crippen LogP contribution in [0.2, 0.25) is 0 Å². The molecule has 0 aromatic heterocycles. The molecule has 0 atom stereocenters. The first-order valence-corrected chi connectivity index (χ1v) is 12.4. The molecule has 5 rings (SSSR count). The normalized spacial score (nSPS) is 11.1. The quantitative estimate of drug-likeness (QED) is 0.180. The van der Waals surface area contributed by atoms with Crippen LogP contribution in [0.1, 0.15) is 22.3 Å². The van der Waals surface area contributed by atoms with Crippen LogP contribution in [0.3, 0.4) is 0 Å². The van der Waals surface area contributed by atoms with E-state index in [9.17, 15) is 5.26 Å². The van der Waals surface area contributed by atoms with E-state index in [1.807, 2.05) is 54.6 Å². The van der Waals surface area contributed by atoms with Gasteiger partial charge < -0.3 is 4.90 Å². The number of nitriles is 1. The summed E-state index contributed by atoms with van der Waals surface area (Å²) in [7, 11) is 0.